The summed E-state index contributed by atoms with van der Waals surface area (Å²) in [6, 6.07) is 8.85. The van der Waals surface area contributed by atoms with E-state index in [-0.39, 0.29) is 0 Å². The summed E-state index contributed by atoms with van der Waals surface area (Å²) in [4.78, 5) is 11.9. The van der Waals surface area contributed by atoms with Crippen molar-refractivity contribution in [3.63, 3.8) is 0 Å². The van der Waals surface area contributed by atoms with Crippen molar-refractivity contribution in [3.8, 4) is 5.75 Å². The quantitative estimate of drug-likeness (QED) is 0.530. The molecule has 0 atom stereocenters. The molecule has 1 aromatic heterocycles. The number of hydrogen-bond donors (Lipinski definition) is 3. The van der Waals surface area contributed by atoms with Crippen molar-refractivity contribution in [1.29, 1.82) is 0 Å². The second-order valence-electron chi connectivity index (χ2n) is 9.27. The highest BCUT2D eigenvalue weighted by Crippen LogP contribution is 2.29. The summed E-state index contributed by atoms with van der Waals surface area (Å²) in [7, 11) is 5.82. The zero-order chi connectivity index (χ0) is 23.2. The summed E-state index contributed by atoms with van der Waals surface area (Å²) in [6.07, 6.45) is 8.92. The van der Waals surface area contributed by atoms with Gasteiger partial charge in [-0.1, -0.05) is 12.1 Å². The molecule has 1 fully saturated rings. The smallest absolute Gasteiger partial charge is 0.225 e. The van der Waals surface area contributed by atoms with Gasteiger partial charge in [0.25, 0.3) is 0 Å². The standard InChI is InChI=1S/C25H36N6OS/c1-31(2)23-21-6-4-5-7-22(21)29-24(30-23)27-18-10-12-19(13-11-18)28-25(33)26-16-17-8-14-20(32-3)15-9-17/h8-9,14-15,18-19H,4-7,10-13,16H2,1-3H3,(H2,26,28,33)(H,27,29,30)/t18-,19+. The molecule has 0 saturated heterocycles. The predicted octanol–water partition coefficient (Wildman–Crippen LogP) is 3.82. The van der Waals surface area contributed by atoms with Crippen LogP contribution in [0.4, 0.5) is 11.8 Å². The Balaban J connectivity index is 1.24. The van der Waals surface area contributed by atoms with Crippen molar-refractivity contribution in [3.05, 3.63) is 41.1 Å². The number of benzene rings is 1. The van der Waals surface area contributed by atoms with Crippen molar-refractivity contribution in [2.45, 2.75) is 70.0 Å². The van der Waals surface area contributed by atoms with Gasteiger partial charge in [0.15, 0.2) is 5.11 Å². The molecule has 7 nitrogen and oxygen atoms in total. The van der Waals surface area contributed by atoms with Crippen molar-refractivity contribution in [2.75, 3.05) is 31.4 Å². The van der Waals surface area contributed by atoms with Crippen LogP contribution in [0.1, 0.15) is 55.3 Å². The van der Waals surface area contributed by atoms with E-state index in [4.69, 9.17) is 26.9 Å². The number of methoxy groups -OCH3 is 1. The van der Waals surface area contributed by atoms with E-state index in [0.29, 0.717) is 18.6 Å². The van der Waals surface area contributed by atoms with Gasteiger partial charge in [0, 0.05) is 38.3 Å². The lowest BCUT2D eigenvalue weighted by Crippen LogP contribution is -2.44. The molecule has 2 aliphatic rings. The Kier molecular flexibility index (Phi) is 7.85. The van der Waals surface area contributed by atoms with Gasteiger partial charge >= 0.3 is 0 Å². The van der Waals surface area contributed by atoms with E-state index in [1.54, 1.807) is 7.11 Å². The molecular weight excluding hydrogens is 432 g/mol. The molecule has 1 aromatic carbocycles. The number of rotatable bonds is 7. The summed E-state index contributed by atoms with van der Waals surface area (Å²) in [5.74, 6) is 2.72. The van der Waals surface area contributed by atoms with Crippen molar-refractivity contribution < 1.29 is 4.74 Å². The molecule has 0 radical (unpaired) electrons. The van der Waals surface area contributed by atoms with Gasteiger partial charge in [0.2, 0.25) is 5.95 Å². The van der Waals surface area contributed by atoms with Crippen LogP contribution in [0.15, 0.2) is 24.3 Å². The molecule has 4 rings (SSSR count). The molecule has 1 heterocycles. The minimum atomic E-state index is 0.403. The van der Waals surface area contributed by atoms with Crippen LogP contribution in [-0.2, 0) is 19.4 Å². The number of fused-ring (bicyclic) bond motifs is 1. The Morgan fingerprint density at radius 1 is 1.03 bits per heavy atom. The lowest BCUT2D eigenvalue weighted by molar-refractivity contribution is 0.385. The lowest BCUT2D eigenvalue weighted by Gasteiger charge is -2.31. The highest BCUT2D eigenvalue weighted by Gasteiger charge is 2.24. The van der Waals surface area contributed by atoms with Crippen molar-refractivity contribution in [1.82, 2.24) is 20.6 Å². The highest BCUT2D eigenvalue weighted by molar-refractivity contribution is 7.80. The first-order chi connectivity index (χ1) is 16.0. The van der Waals surface area contributed by atoms with E-state index in [0.717, 1.165) is 61.2 Å². The summed E-state index contributed by atoms with van der Waals surface area (Å²) in [5, 5.41) is 11.1. The molecule has 2 aromatic rings. The Labute approximate surface area is 202 Å². The van der Waals surface area contributed by atoms with Gasteiger partial charge in [0.05, 0.1) is 12.8 Å². The van der Waals surface area contributed by atoms with Crippen molar-refractivity contribution >= 4 is 29.1 Å². The molecule has 0 amide bonds. The molecule has 2 aliphatic carbocycles. The van der Waals surface area contributed by atoms with E-state index in [1.165, 1.54) is 29.7 Å². The first kappa shape index (κ1) is 23.5. The Morgan fingerprint density at radius 2 is 1.73 bits per heavy atom. The molecule has 0 spiro atoms. The third-order valence-corrected chi connectivity index (χ3v) is 6.85. The maximum atomic E-state index is 5.53. The maximum Gasteiger partial charge on any atom is 0.225 e. The minimum Gasteiger partial charge on any atom is -0.497 e. The van der Waals surface area contributed by atoms with Crippen LogP contribution in [0.25, 0.3) is 0 Å². The first-order valence-corrected chi connectivity index (χ1v) is 12.4. The van der Waals surface area contributed by atoms with Gasteiger partial charge in [-0.15, -0.1) is 0 Å². The third kappa shape index (κ3) is 6.25. The number of ether oxygens (including phenoxy) is 1. The Bertz CT molecular complexity index is 941. The molecule has 33 heavy (non-hydrogen) atoms. The fourth-order valence-electron chi connectivity index (χ4n) is 4.74. The number of aryl methyl sites for hydroxylation is 1. The monoisotopic (exact) mass is 468 g/mol. The molecule has 0 unspecified atom stereocenters. The molecule has 0 bridgehead atoms. The summed E-state index contributed by atoms with van der Waals surface area (Å²) < 4.78 is 5.21. The number of aromatic nitrogens is 2. The molecule has 8 heteroatoms. The molecular formula is C25H36N6OS. The Morgan fingerprint density at radius 3 is 2.42 bits per heavy atom. The van der Waals surface area contributed by atoms with Crippen LogP contribution in [-0.4, -0.2) is 48.4 Å². The van der Waals surface area contributed by atoms with Gasteiger partial charge in [-0.2, -0.15) is 4.98 Å². The maximum absolute atomic E-state index is 5.53. The highest BCUT2D eigenvalue weighted by atomic mass is 32.1. The largest absolute Gasteiger partial charge is 0.497 e. The number of nitrogens with zero attached hydrogens (tertiary/aromatic N) is 3. The zero-order valence-electron chi connectivity index (χ0n) is 20.0. The number of thiocarbonyl (C=S) groups is 1. The van der Waals surface area contributed by atoms with Crippen LogP contribution in [0.5, 0.6) is 5.75 Å². The van der Waals surface area contributed by atoms with Gasteiger partial charge < -0.3 is 25.6 Å². The van der Waals surface area contributed by atoms with Crippen LogP contribution >= 0.6 is 12.2 Å². The van der Waals surface area contributed by atoms with E-state index in [2.05, 4.69) is 47.1 Å². The SMILES string of the molecule is COc1ccc(CNC(=S)N[C@H]2CC[C@@H](Nc3nc4c(c(N(C)C)n3)CCCC4)CC2)cc1. The predicted molar refractivity (Wildman–Crippen MR) is 138 cm³/mol. The van der Waals surface area contributed by atoms with E-state index < -0.39 is 0 Å². The molecule has 1 saturated carbocycles. The average molecular weight is 469 g/mol. The lowest BCUT2D eigenvalue weighted by atomic mass is 9.91. The van der Waals surface area contributed by atoms with Gasteiger partial charge in [-0.25, -0.2) is 4.98 Å². The topological polar surface area (TPSA) is 74.3 Å². The Hall–Kier alpha value is -2.61. The molecule has 3 N–H and O–H groups in total. The molecule has 178 valence electrons. The number of hydrogen-bond acceptors (Lipinski definition) is 6. The zero-order valence-corrected chi connectivity index (χ0v) is 20.8. The van der Waals surface area contributed by atoms with Gasteiger partial charge in [-0.05, 0) is 81.3 Å². The minimum absolute atomic E-state index is 0.403. The van der Waals surface area contributed by atoms with E-state index in [9.17, 15) is 0 Å². The number of anilines is 2. The van der Waals surface area contributed by atoms with E-state index >= 15 is 0 Å². The van der Waals surface area contributed by atoms with Gasteiger partial charge in [0.1, 0.15) is 11.6 Å². The van der Waals surface area contributed by atoms with Crippen LogP contribution in [0.3, 0.4) is 0 Å². The van der Waals surface area contributed by atoms with Crippen LogP contribution in [0, 0.1) is 0 Å². The van der Waals surface area contributed by atoms with Crippen LogP contribution in [0.2, 0.25) is 0 Å². The van der Waals surface area contributed by atoms with Gasteiger partial charge in [-0.3, -0.25) is 0 Å². The summed E-state index contributed by atoms with van der Waals surface area (Å²) in [5.41, 5.74) is 3.74. The summed E-state index contributed by atoms with van der Waals surface area (Å²) >= 11 is 5.53. The first-order valence-electron chi connectivity index (χ1n) is 12.0. The average Bonchev–Trinajstić information content (AvgIpc) is 2.83. The summed E-state index contributed by atoms with van der Waals surface area (Å²) in [6.45, 7) is 0.705. The van der Waals surface area contributed by atoms with E-state index in [1.807, 2.05) is 12.1 Å². The molecule has 0 aliphatic heterocycles. The third-order valence-electron chi connectivity index (χ3n) is 6.59. The fourth-order valence-corrected chi connectivity index (χ4v) is 4.97. The number of nitrogens with one attached hydrogen (secondary N) is 3. The normalized spacial score (nSPS) is 19.8. The second-order valence-corrected chi connectivity index (χ2v) is 9.67. The van der Waals surface area contributed by atoms with Crippen molar-refractivity contribution in [2.24, 2.45) is 0 Å². The fraction of sp³-hybridized carbons (Fsp3) is 0.560. The second kappa shape index (κ2) is 11.0. The van der Waals surface area contributed by atoms with Crippen LogP contribution < -0.4 is 25.6 Å².